The predicted molar refractivity (Wildman–Crippen MR) is 49.2 cm³/mol. The minimum atomic E-state index is -0.172. The molecule has 1 nitrogen and oxygen atoms in total. The highest BCUT2D eigenvalue weighted by Crippen LogP contribution is 2.12. The fourth-order valence-electron chi connectivity index (χ4n) is 1.000. The summed E-state index contributed by atoms with van der Waals surface area (Å²) in [7, 11) is 0. The molecule has 0 aliphatic rings. The Hall–Kier alpha value is -1.15. The number of rotatable bonds is 2. The Morgan fingerprint density at radius 3 is 2.92 bits per heavy atom. The van der Waals surface area contributed by atoms with E-state index in [1.54, 1.807) is 13.0 Å². The summed E-state index contributed by atoms with van der Waals surface area (Å²) in [6.45, 7) is 2.24. The molecule has 0 radical (unpaired) electrons. The van der Waals surface area contributed by atoms with Gasteiger partial charge in [0.1, 0.15) is 5.82 Å². The van der Waals surface area contributed by atoms with Crippen LogP contribution >= 0.6 is 0 Å². The van der Waals surface area contributed by atoms with Gasteiger partial charge in [-0.25, -0.2) is 4.39 Å². The second kappa shape index (κ2) is 4.02. The first-order chi connectivity index (χ1) is 5.75. The summed E-state index contributed by atoms with van der Waals surface area (Å²) in [6.07, 6.45) is 3.64. The van der Waals surface area contributed by atoms with E-state index in [0.717, 1.165) is 5.56 Å². The minimum Gasteiger partial charge on any atom is -0.327 e. The lowest BCUT2D eigenvalue weighted by atomic mass is 10.1. The third-order valence-electron chi connectivity index (χ3n) is 1.74. The Balaban J connectivity index is 3.00. The standard InChI is InChI=1S/C10H12FN/c1-8-9(5-3-7-12)4-2-6-10(8)11/h2-6H,7,12H2,1H3/b5-3+. The van der Waals surface area contributed by atoms with Gasteiger partial charge in [0.2, 0.25) is 0 Å². The molecule has 1 aromatic carbocycles. The van der Waals surface area contributed by atoms with Gasteiger partial charge in [-0.2, -0.15) is 0 Å². The highest BCUT2D eigenvalue weighted by atomic mass is 19.1. The molecular formula is C10H12FN. The highest BCUT2D eigenvalue weighted by Gasteiger charge is 1.98. The van der Waals surface area contributed by atoms with Crippen LogP contribution in [0.3, 0.4) is 0 Å². The summed E-state index contributed by atoms with van der Waals surface area (Å²) in [5.74, 6) is -0.172. The molecule has 64 valence electrons. The van der Waals surface area contributed by atoms with Gasteiger partial charge in [0.05, 0.1) is 0 Å². The van der Waals surface area contributed by atoms with Gasteiger partial charge in [-0.15, -0.1) is 0 Å². The molecule has 0 saturated carbocycles. The average molecular weight is 165 g/mol. The van der Waals surface area contributed by atoms with E-state index < -0.39 is 0 Å². The summed E-state index contributed by atoms with van der Waals surface area (Å²) >= 11 is 0. The summed E-state index contributed by atoms with van der Waals surface area (Å²) in [6, 6.07) is 5.01. The first-order valence-electron chi connectivity index (χ1n) is 3.87. The van der Waals surface area contributed by atoms with Gasteiger partial charge >= 0.3 is 0 Å². The lowest BCUT2D eigenvalue weighted by Gasteiger charge is -1.99. The van der Waals surface area contributed by atoms with Crippen molar-refractivity contribution in [3.63, 3.8) is 0 Å². The van der Waals surface area contributed by atoms with Gasteiger partial charge in [0.25, 0.3) is 0 Å². The van der Waals surface area contributed by atoms with E-state index in [4.69, 9.17) is 5.73 Å². The molecule has 0 unspecified atom stereocenters. The van der Waals surface area contributed by atoms with Crippen LogP contribution in [0.1, 0.15) is 11.1 Å². The SMILES string of the molecule is Cc1c(F)cccc1/C=C/CN. The zero-order chi connectivity index (χ0) is 8.97. The van der Waals surface area contributed by atoms with Crippen LogP contribution in [0.2, 0.25) is 0 Å². The number of hydrogen-bond acceptors (Lipinski definition) is 1. The number of hydrogen-bond donors (Lipinski definition) is 1. The highest BCUT2D eigenvalue weighted by molar-refractivity contribution is 5.53. The predicted octanol–water partition coefficient (Wildman–Crippen LogP) is 2.11. The van der Waals surface area contributed by atoms with E-state index in [9.17, 15) is 4.39 Å². The van der Waals surface area contributed by atoms with Crippen LogP contribution in [-0.4, -0.2) is 6.54 Å². The molecular weight excluding hydrogens is 153 g/mol. The van der Waals surface area contributed by atoms with Crippen molar-refractivity contribution in [1.29, 1.82) is 0 Å². The van der Waals surface area contributed by atoms with Crippen molar-refractivity contribution in [3.8, 4) is 0 Å². The Kier molecular flexibility index (Phi) is 3.00. The smallest absolute Gasteiger partial charge is 0.126 e. The number of nitrogens with two attached hydrogens (primary N) is 1. The molecule has 2 heteroatoms. The van der Waals surface area contributed by atoms with E-state index in [-0.39, 0.29) is 5.82 Å². The Morgan fingerprint density at radius 2 is 2.25 bits per heavy atom. The fraction of sp³-hybridized carbons (Fsp3) is 0.200. The molecule has 0 amide bonds. The molecule has 0 spiro atoms. The van der Waals surface area contributed by atoms with Crippen molar-refractivity contribution in [2.24, 2.45) is 5.73 Å². The van der Waals surface area contributed by atoms with Crippen molar-refractivity contribution < 1.29 is 4.39 Å². The van der Waals surface area contributed by atoms with Crippen molar-refractivity contribution in [2.45, 2.75) is 6.92 Å². The van der Waals surface area contributed by atoms with Crippen LogP contribution in [0, 0.1) is 12.7 Å². The maximum absolute atomic E-state index is 12.9. The average Bonchev–Trinajstić information content (AvgIpc) is 2.08. The Bertz CT molecular complexity index is 292. The van der Waals surface area contributed by atoms with Crippen LogP contribution in [0.25, 0.3) is 6.08 Å². The summed E-state index contributed by atoms with van der Waals surface area (Å²) in [4.78, 5) is 0. The molecule has 0 aliphatic carbocycles. The second-order valence-corrected chi connectivity index (χ2v) is 2.59. The Morgan fingerprint density at radius 1 is 1.50 bits per heavy atom. The van der Waals surface area contributed by atoms with E-state index in [1.165, 1.54) is 6.07 Å². The molecule has 0 saturated heterocycles. The fourth-order valence-corrected chi connectivity index (χ4v) is 1.000. The topological polar surface area (TPSA) is 26.0 Å². The Labute approximate surface area is 71.7 Å². The normalized spacial score (nSPS) is 10.9. The molecule has 0 fully saturated rings. The monoisotopic (exact) mass is 165 g/mol. The lowest BCUT2D eigenvalue weighted by molar-refractivity contribution is 0.618. The lowest BCUT2D eigenvalue weighted by Crippen LogP contribution is -1.93. The van der Waals surface area contributed by atoms with Crippen molar-refractivity contribution in [2.75, 3.05) is 6.54 Å². The molecule has 0 bridgehead atoms. The van der Waals surface area contributed by atoms with Crippen LogP contribution in [0.4, 0.5) is 4.39 Å². The van der Waals surface area contributed by atoms with Gasteiger partial charge in [-0.1, -0.05) is 24.3 Å². The van der Waals surface area contributed by atoms with Crippen LogP contribution in [-0.2, 0) is 0 Å². The molecule has 1 aromatic rings. The van der Waals surface area contributed by atoms with E-state index in [0.29, 0.717) is 12.1 Å². The summed E-state index contributed by atoms with van der Waals surface area (Å²) < 4.78 is 12.9. The summed E-state index contributed by atoms with van der Waals surface area (Å²) in [5.41, 5.74) is 6.84. The number of benzene rings is 1. The van der Waals surface area contributed by atoms with Gasteiger partial charge in [0, 0.05) is 6.54 Å². The first-order valence-corrected chi connectivity index (χ1v) is 3.87. The molecule has 1 rings (SSSR count). The van der Waals surface area contributed by atoms with E-state index >= 15 is 0 Å². The van der Waals surface area contributed by atoms with Crippen molar-refractivity contribution in [3.05, 3.63) is 41.2 Å². The largest absolute Gasteiger partial charge is 0.327 e. The van der Waals surface area contributed by atoms with Gasteiger partial charge < -0.3 is 5.73 Å². The molecule has 2 N–H and O–H groups in total. The van der Waals surface area contributed by atoms with Gasteiger partial charge in [0.15, 0.2) is 0 Å². The van der Waals surface area contributed by atoms with Crippen molar-refractivity contribution in [1.82, 2.24) is 0 Å². The van der Waals surface area contributed by atoms with E-state index in [2.05, 4.69) is 0 Å². The maximum atomic E-state index is 12.9. The van der Waals surface area contributed by atoms with E-state index in [1.807, 2.05) is 18.2 Å². The molecule has 12 heavy (non-hydrogen) atoms. The zero-order valence-corrected chi connectivity index (χ0v) is 7.05. The molecule has 0 heterocycles. The third-order valence-corrected chi connectivity index (χ3v) is 1.74. The molecule has 0 atom stereocenters. The van der Waals surface area contributed by atoms with Crippen LogP contribution in [0.5, 0.6) is 0 Å². The maximum Gasteiger partial charge on any atom is 0.126 e. The first kappa shape index (κ1) is 8.94. The zero-order valence-electron chi connectivity index (χ0n) is 7.05. The summed E-state index contributed by atoms with van der Waals surface area (Å²) in [5, 5.41) is 0. The molecule has 0 aliphatic heterocycles. The van der Waals surface area contributed by atoms with Gasteiger partial charge in [-0.05, 0) is 24.1 Å². The van der Waals surface area contributed by atoms with Gasteiger partial charge in [-0.3, -0.25) is 0 Å². The van der Waals surface area contributed by atoms with Crippen molar-refractivity contribution >= 4 is 6.08 Å². The van der Waals surface area contributed by atoms with Crippen LogP contribution in [0.15, 0.2) is 24.3 Å². The molecule has 0 aromatic heterocycles. The second-order valence-electron chi connectivity index (χ2n) is 2.59. The number of halogens is 1. The minimum absolute atomic E-state index is 0.172. The third kappa shape index (κ3) is 1.92. The quantitative estimate of drug-likeness (QED) is 0.713. The van der Waals surface area contributed by atoms with Crippen LogP contribution < -0.4 is 5.73 Å².